The smallest absolute Gasteiger partial charge is 0.262 e. The van der Waals surface area contributed by atoms with E-state index in [2.05, 4.69) is 10.3 Å². The number of rotatable bonds is 8. The summed E-state index contributed by atoms with van der Waals surface area (Å²) in [4.78, 5) is 29.7. The Hall–Kier alpha value is -4.18. The molecule has 0 bridgehead atoms. The van der Waals surface area contributed by atoms with Crippen LogP contribution in [0.3, 0.4) is 0 Å². The summed E-state index contributed by atoms with van der Waals surface area (Å²) in [5.41, 5.74) is 2.66. The number of ether oxygens (including phenoxy) is 2. The highest BCUT2D eigenvalue weighted by molar-refractivity contribution is 8.15. The lowest BCUT2D eigenvalue weighted by molar-refractivity contribution is -0.121. The zero-order chi connectivity index (χ0) is 27.4. The van der Waals surface area contributed by atoms with Gasteiger partial charge in [0.05, 0.1) is 25.5 Å². The van der Waals surface area contributed by atoms with Gasteiger partial charge in [-0.25, -0.2) is 9.40 Å². The Morgan fingerprint density at radius 1 is 1.08 bits per heavy atom. The van der Waals surface area contributed by atoms with Crippen molar-refractivity contribution in [1.29, 1.82) is 0 Å². The number of nitrogens with one attached hydrogen (secondary N) is 1. The number of amides is 2. The van der Waals surface area contributed by atoms with Crippen LogP contribution in [-0.2, 0) is 9.59 Å². The van der Waals surface area contributed by atoms with Crippen LogP contribution in [-0.4, -0.2) is 46.7 Å². The maximum atomic E-state index is 14.9. The van der Waals surface area contributed by atoms with E-state index in [9.17, 15) is 14.0 Å². The summed E-state index contributed by atoms with van der Waals surface area (Å²) in [6.45, 7) is 2.45. The van der Waals surface area contributed by atoms with Crippen molar-refractivity contribution in [3.05, 3.63) is 89.7 Å². The molecule has 3 aromatic rings. The molecule has 0 saturated carbocycles. The first kappa shape index (κ1) is 26.4. The first-order valence-electron chi connectivity index (χ1n) is 12.5. The van der Waals surface area contributed by atoms with Crippen LogP contribution in [0.4, 0.5) is 10.1 Å². The van der Waals surface area contributed by atoms with Gasteiger partial charge >= 0.3 is 0 Å². The van der Waals surface area contributed by atoms with E-state index in [1.54, 1.807) is 54.6 Å². The van der Waals surface area contributed by atoms with Crippen molar-refractivity contribution < 1.29 is 23.5 Å². The lowest BCUT2D eigenvalue weighted by Gasteiger charge is -2.23. The molecular formula is C29H27FN4O4S. The highest BCUT2D eigenvalue weighted by Gasteiger charge is 2.39. The van der Waals surface area contributed by atoms with Crippen LogP contribution < -0.4 is 14.8 Å². The molecule has 200 valence electrons. The number of methoxy groups -OCH3 is 1. The molecule has 0 aromatic heterocycles. The summed E-state index contributed by atoms with van der Waals surface area (Å²) in [6, 6.07) is 20.5. The van der Waals surface area contributed by atoms with E-state index in [4.69, 9.17) is 14.6 Å². The number of hydrogen-bond acceptors (Lipinski definition) is 7. The number of hydrogen-bond donors (Lipinski definition) is 1. The SMILES string of the molecule is CCOc1ccc(NC(=O)C[C@@H]2SC(N3N=C(c4ccc(OC)cc4)C[C@@H]3c3ccccc3F)=NC2=O)cc1. The average molecular weight is 547 g/mol. The fourth-order valence-corrected chi connectivity index (χ4v) is 5.48. The van der Waals surface area contributed by atoms with Crippen LogP contribution in [0.2, 0.25) is 0 Å². The molecule has 10 heteroatoms. The Morgan fingerprint density at radius 2 is 1.79 bits per heavy atom. The summed E-state index contributed by atoms with van der Waals surface area (Å²) in [7, 11) is 1.60. The lowest BCUT2D eigenvalue weighted by Crippen LogP contribution is -2.25. The quantitative estimate of drug-likeness (QED) is 0.406. The molecular weight excluding hydrogens is 519 g/mol. The first-order valence-corrected chi connectivity index (χ1v) is 13.4. The van der Waals surface area contributed by atoms with Crippen molar-refractivity contribution >= 4 is 40.1 Å². The largest absolute Gasteiger partial charge is 0.497 e. The number of anilines is 1. The summed E-state index contributed by atoms with van der Waals surface area (Å²) < 4.78 is 25.5. The summed E-state index contributed by atoms with van der Waals surface area (Å²) in [5, 5.41) is 8.81. The number of halogens is 1. The first-order chi connectivity index (χ1) is 18.9. The van der Waals surface area contributed by atoms with Gasteiger partial charge in [-0.1, -0.05) is 30.0 Å². The molecule has 1 N–H and O–H groups in total. The monoisotopic (exact) mass is 546 g/mol. The van der Waals surface area contributed by atoms with E-state index in [1.807, 2.05) is 31.2 Å². The number of nitrogens with zero attached hydrogens (tertiary/aromatic N) is 3. The van der Waals surface area contributed by atoms with Gasteiger partial charge in [-0.15, -0.1) is 0 Å². The fourth-order valence-electron chi connectivity index (χ4n) is 4.42. The van der Waals surface area contributed by atoms with Gasteiger partial charge in [-0.2, -0.15) is 10.1 Å². The average Bonchev–Trinajstić information content (AvgIpc) is 3.54. The standard InChI is InChI=1S/C29H27FN4O4S/c1-3-38-21-14-10-19(11-15-21)31-27(35)17-26-28(36)32-29(39-26)34-25(22-6-4-5-7-23(22)30)16-24(33-34)18-8-12-20(37-2)13-9-18/h4-15,25-26H,3,16-17H2,1-2H3,(H,31,35)/t25-,26+/m1/s1. The Labute approximate surface area is 229 Å². The van der Waals surface area contributed by atoms with Crippen LogP contribution in [0.15, 0.2) is 82.9 Å². The molecule has 39 heavy (non-hydrogen) atoms. The molecule has 0 unspecified atom stereocenters. The van der Waals surface area contributed by atoms with E-state index in [1.165, 1.54) is 17.8 Å². The third-order valence-electron chi connectivity index (χ3n) is 6.34. The molecule has 5 rings (SSSR count). The maximum Gasteiger partial charge on any atom is 0.262 e. The molecule has 0 aliphatic carbocycles. The fraction of sp³-hybridized carbons (Fsp3) is 0.241. The number of carbonyl (C=O) groups excluding carboxylic acids is 2. The third-order valence-corrected chi connectivity index (χ3v) is 7.48. The second kappa shape index (κ2) is 11.7. The summed E-state index contributed by atoms with van der Waals surface area (Å²) in [5.74, 6) is 0.334. The van der Waals surface area contributed by atoms with E-state index in [0.717, 1.165) is 11.3 Å². The normalized spacial score (nSPS) is 18.5. The topological polar surface area (TPSA) is 92.6 Å². The van der Waals surface area contributed by atoms with Gasteiger partial charge in [-0.3, -0.25) is 9.59 Å². The highest BCUT2D eigenvalue weighted by atomic mass is 32.2. The molecule has 0 fully saturated rings. The van der Waals surface area contributed by atoms with Crippen molar-refractivity contribution in [3.63, 3.8) is 0 Å². The second-order valence-electron chi connectivity index (χ2n) is 8.91. The molecule has 8 nitrogen and oxygen atoms in total. The van der Waals surface area contributed by atoms with Crippen LogP contribution in [0.5, 0.6) is 11.5 Å². The molecule has 2 aliphatic heterocycles. The van der Waals surface area contributed by atoms with Crippen LogP contribution in [0, 0.1) is 5.82 Å². The number of carbonyl (C=O) groups is 2. The van der Waals surface area contributed by atoms with Crippen molar-refractivity contribution in [1.82, 2.24) is 5.01 Å². The Kier molecular flexibility index (Phi) is 7.92. The van der Waals surface area contributed by atoms with Crippen LogP contribution >= 0.6 is 11.8 Å². The molecule has 0 saturated heterocycles. The van der Waals surface area contributed by atoms with Gasteiger partial charge in [0.2, 0.25) is 5.91 Å². The molecule has 0 radical (unpaired) electrons. The van der Waals surface area contributed by atoms with Crippen LogP contribution in [0.1, 0.15) is 36.9 Å². The lowest BCUT2D eigenvalue weighted by atomic mass is 9.98. The molecule has 2 atom stereocenters. The molecule has 2 heterocycles. The van der Waals surface area contributed by atoms with Crippen molar-refractivity contribution in [2.75, 3.05) is 19.0 Å². The van der Waals surface area contributed by atoms with E-state index >= 15 is 0 Å². The summed E-state index contributed by atoms with van der Waals surface area (Å²) >= 11 is 1.17. The van der Waals surface area contributed by atoms with E-state index in [0.29, 0.717) is 40.9 Å². The second-order valence-corrected chi connectivity index (χ2v) is 10.1. The number of benzene rings is 3. The third kappa shape index (κ3) is 5.96. The van der Waals surface area contributed by atoms with Gasteiger partial charge in [0, 0.05) is 24.1 Å². The number of hydrazone groups is 1. The Morgan fingerprint density at radius 3 is 2.49 bits per heavy atom. The van der Waals surface area contributed by atoms with Crippen molar-refractivity contribution in [2.24, 2.45) is 10.1 Å². The van der Waals surface area contributed by atoms with Gasteiger partial charge < -0.3 is 14.8 Å². The molecule has 2 amide bonds. The zero-order valence-electron chi connectivity index (χ0n) is 21.5. The predicted octanol–water partition coefficient (Wildman–Crippen LogP) is 5.41. The van der Waals surface area contributed by atoms with Gasteiger partial charge in [0.1, 0.15) is 22.6 Å². The van der Waals surface area contributed by atoms with Gasteiger partial charge in [0.15, 0.2) is 5.17 Å². The van der Waals surface area contributed by atoms with Crippen molar-refractivity contribution in [3.8, 4) is 11.5 Å². The zero-order valence-corrected chi connectivity index (χ0v) is 22.3. The minimum absolute atomic E-state index is 0.0586. The van der Waals surface area contributed by atoms with Crippen LogP contribution in [0.25, 0.3) is 0 Å². The van der Waals surface area contributed by atoms with E-state index < -0.39 is 17.2 Å². The Balaban J connectivity index is 1.32. The highest BCUT2D eigenvalue weighted by Crippen LogP contribution is 2.39. The van der Waals surface area contributed by atoms with E-state index in [-0.39, 0.29) is 18.1 Å². The maximum absolute atomic E-state index is 14.9. The number of amidine groups is 1. The summed E-state index contributed by atoms with van der Waals surface area (Å²) in [6.07, 6.45) is 0.362. The van der Waals surface area contributed by atoms with Gasteiger partial charge in [0.25, 0.3) is 5.91 Å². The number of aliphatic imine (C=N–C) groups is 1. The van der Waals surface area contributed by atoms with Gasteiger partial charge in [-0.05, 0) is 67.1 Å². The number of thioether (sulfide) groups is 1. The minimum atomic E-state index is -0.704. The minimum Gasteiger partial charge on any atom is -0.497 e. The van der Waals surface area contributed by atoms with Crippen molar-refractivity contribution in [2.45, 2.75) is 31.1 Å². The molecule has 0 spiro atoms. The predicted molar refractivity (Wildman–Crippen MR) is 150 cm³/mol. The Bertz CT molecular complexity index is 1430. The molecule has 3 aromatic carbocycles. The molecule has 2 aliphatic rings.